The van der Waals surface area contributed by atoms with Crippen LogP contribution in [0, 0.1) is 0 Å². The van der Waals surface area contributed by atoms with E-state index in [0.717, 1.165) is 11.8 Å². The predicted molar refractivity (Wildman–Crippen MR) is 66.1 cm³/mol. The first-order chi connectivity index (χ1) is 7.84. The number of amides is 1. The molecule has 5 nitrogen and oxygen atoms in total. The van der Waals surface area contributed by atoms with Crippen LogP contribution in [0.2, 0.25) is 0 Å². The third-order valence-corrected chi connectivity index (χ3v) is 3.68. The maximum absolute atomic E-state index is 11.3. The molecule has 0 aliphatic rings. The number of nitrogens with one attached hydrogen (secondary N) is 1. The zero-order valence-corrected chi connectivity index (χ0v) is 10.9. The number of benzene rings is 1. The van der Waals surface area contributed by atoms with Crippen molar-refractivity contribution in [3.05, 3.63) is 35.4 Å². The van der Waals surface area contributed by atoms with Crippen molar-refractivity contribution >= 4 is 15.9 Å². The molecule has 0 aliphatic heterocycles. The van der Waals surface area contributed by atoms with Crippen LogP contribution < -0.4 is 5.32 Å². The molecule has 0 spiro atoms. The second kappa shape index (κ2) is 5.29. The Morgan fingerprint density at radius 3 is 2.24 bits per heavy atom. The van der Waals surface area contributed by atoms with Crippen molar-refractivity contribution in [1.82, 2.24) is 9.62 Å². The Hall–Kier alpha value is -1.40. The van der Waals surface area contributed by atoms with Gasteiger partial charge in [-0.1, -0.05) is 12.1 Å². The van der Waals surface area contributed by atoms with E-state index in [0.29, 0.717) is 12.1 Å². The van der Waals surface area contributed by atoms with Crippen molar-refractivity contribution in [1.29, 1.82) is 0 Å². The molecule has 0 saturated heterocycles. The minimum absolute atomic E-state index is 0.159. The molecule has 6 heteroatoms. The smallest absolute Gasteiger partial charge is 0.251 e. The standard InChI is InChI=1S/C11H16N2O3S/c1-12-11(14)10-6-4-9(5-7-10)8-13(2)17(3,15)16/h4-7H,8H2,1-3H3,(H,12,14). The van der Waals surface area contributed by atoms with Crippen molar-refractivity contribution in [2.24, 2.45) is 0 Å². The normalized spacial score (nSPS) is 11.5. The summed E-state index contributed by atoms with van der Waals surface area (Å²) in [5, 5.41) is 2.52. The first kappa shape index (κ1) is 13.7. The number of rotatable bonds is 4. The molecule has 1 N–H and O–H groups in total. The minimum atomic E-state index is -3.18. The minimum Gasteiger partial charge on any atom is -0.355 e. The zero-order valence-electron chi connectivity index (χ0n) is 10.1. The number of hydrogen-bond donors (Lipinski definition) is 1. The lowest BCUT2D eigenvalue weighted by atomic mass is 10.1. The molecule has 1 amide bonds. The van der Waals surface area contributed by atoms with Crippen molar-refractivity contribution in [2.75, 3.05) is 20.4 Å². The number of hydrogen-bond acceptors (Lipinski definition) is 3. The lowest BCUT2D eigenvalue weighted by molar-refractivity contribution is 0.0963. The van der Waals surface area contributed by atoms with Crippen LogP contribution in [0.5, 0.6) is 0 Å². The highest BCUT2D eigenvalue weighted by molar-refractivity contribution is 7.88. The van der Waals surface area contributed by atoms with Gasteiger partial charge in [-0.2, -0.15) is 0 Å². The Morgan fingerprint density at radius 2 is 1.82 bits per heavy atom. The van der Waals surface area contributed by atoms with Crippen LogP contribution >= 0.6 is 0 Å². The molecule has 1 aromatic rings. The zero-order chi connectivity index (χ0) is 13.1. The van der Waals surface area contributed by atoms with Gasteiger partial charge < -0.3 is 5.32 Å². The van der Waals surface area contributed by atoms with Crippen LogP contribution in [-0.2, 0) is 16.6 Å². The van der Waals surface area contributed by atoms with Gasteiger partial charge in [-0.3, -0.25) is 4.79 Å². The summed E-state index contributed by atoms with van der Waals surface area (Å²) in [5.41, 5.74) is 1.39. The molecule has 0 bridgehead atoms. The Morgan fingerprint density at radius 1 is 1.29 bits per heavy atom. The van der Waals surface area contributed by atoms with Gasteiger partial charge in [0.05, 0.1) is 6.26 Å². The Balaban J connectivity index is 2.79. The molecule has 0 heterocycles. The van der Waals surface area contributed by atoms with Gasteiger partial charge in [0.15, 0.2) is 0 Å². The van der Waals surface area contributed by atoms with Gasteiger partial charge in [-0.25, -0.2) is 12.7 Å². The van der Waals surface area contributed by atoms with Crippen molar-refractivity contribution in [3.8, 4) is 0 Å². The highest BCUT2D eigenvalue weighted by Crippen LogP contribution is 2.08. The van der Waals surface area contributed by atoms with E-state index < -0.39 is 10.0 Å². The fourth-order valence-electron chi connectivity index (χ4n) is 1.28. The summed E-state index contributed by atoms with van der Waals surface area (Å²) in [6, 6.07) is 6.83. The summed E-state index contributed by atoms with van der Waals surface area (Å²) in [6.45, 7) is 0.298. The molecule has 0 aromatic heterocycles. The quantitative estimate of drug-likeness (QED) is 0.850. The topological polar surface area (TPSA) is 66.5 Å². The van der Waals surface area contributed by atoms with Gasteiger partial charge in [0, 0.05) is 26.2 Å². The molecule has 1 aromatic carbocycles. The number of carbonyl (C=O) groups is 1. The van der Waals surface area contributed by atoms with Gasteiger partial charge in [-0.15, -0.1) is 0 Å². The molecule has 0 aliphatic carbocycles. The van der Waals surface area contributed by atoms with Crippen LogP contribution in [0.4, 0.5) is 0 Å². The summed E-state index contributed by atoms with van der Waals surface area (Å²) < 4.78 is 23.7. The molecule has 1 rings (SSSR count). The second-order valence-corrected chi connectivity index (χ2v) is 5.88. The second-order valence-electron chi connectivity index (χ2n) is 3.80. The van der Waals surface area contributed by atoms with Crippen LogP contribution in [0.25, 0.3) is 0 Å². The average Bonchev–Trinajstić information content (AvgIpc) is 2.27. The summed E-state index contributed by atoms with van der Waals surface area (Å²) in [4.78, 5) is 11.3. The van der Waals surface area contributed by atoms with Gasteiger partial charge in [0.2, 0.25) is 10.0 Å². The van der Waals surface area contributed by atoms with Crippen LogP contribution in [0.15, 0.2) is 24.3 Å². The molecule has 17 heavy (non-hydrogen) atoms. The van der Waals surface area contributed by atoms with Gasteiger partial charge >= 0.3 is 0 Å². The monoisotopic (exact) mass is 256 g/mol. The molecular formula is C11H16N2O3S. The van der Waals surface area contributed by atoms with Crippen molar-refractivity contribution in [3.63, 3.8) is 0 Å². The molecule has 94 valence electrons. The van der Waals surface area contributed by atoms with E-state index in [1.807, 2.05) is 0 Å². The SMILES string of the molecule is CNC(=O)c1ccc(CN(C)S(C)(=O)=O)cc1. The predicted octanol–water partition coefficient (Wildman–Crippen LogP) is 0.438. The van der Waals surface area contributed by atoms with Crippen LogP contribution in [0.3, 0.4) is 0 Å². The van der Waals surface area contributed by atoms with Gasteiger partial charge in [0.25, 0.3) is 5.91 Å². The third kappa shape index (κ3) is 3.83. The first-order valence-corrected chi connectivity index (χ1v) is 6.91. The van der Waals surface area contributed by atoms with E-state index in [9.17, 15) is 13.2 Å². The van der Waals surface area contributed by atoms with E-state index in [1.54, 1.807) is 31.3 Å². The summed E-state index contributed by atoms with van der Waals surface area (Å²) in [7, 11) is -0.0990. The highest BCUT2D eigenvalue weighted by atomic mass is 32.2. The summed E-state index contributed by atoms with van der Waals surface area (Å²) >= 11 is 0. The van der Waals surface area contributed by atoms with E-state index in [1.165, 1.54) is 11.4 Å². The van der Waals surface area contributed by atoms with E-state index >= 15 is 0 Å². The fraction of sp³-hybridized carbons (Fsp3) is 0.364. The van der Waals surface area contributed by atoms with E-state index in [4.69, 9.17) is 0 Å². The largest absolute Gasteiger partial charge is 0.355 e. The lowest BCUT2D eigenvalue weighted by Crippen LogP contribution is -2.25. The molecule has 0 saturated carbocycles. The third-order valence-electron chi connectivity index (χ3n) is 2.41. The summed E-state index contributed by atoms with van der Waals surface area (Å²) in [5.74, 6) is -0.159. The molecule has 0 unspecified atom stereocenters. The molecule has 0 radical (unpaired) electrons. The van der Waals surface area contributed by atoms with E-state index in [2.05, 4.69) is 5.32 Å². The van der Waals surface area contributed by atoms with Crippen molar-refractivity contribution in [2.45, 2.75) is 6.54 Å². The van der Waals surface area contributed by atoms with Gasteiger partial charge in [-0.05, 0) is 17.7 Å². The van der Waals surface area contributed by atoms with Crippen LogP contribution in [0.1, 0.15) is 15.9 Å². The van der Waals surface area contributed by atoms with Crippen molar-refractivity contribution < 1.29 is 13.2 Å². The fourth-order valence-corrected chi connectivity index (χ4v) is 1.66. The van der Waals surface area contributed by atoms with Crippen LogP contribution in [-0.4, -0.2) is 39.0 Å². The first-order valence-electron chi connectivity index (χ1n) is 5.07. The lowest BCUT2D eigenvalue weighted by Gasteiger charge is -2.14. The average molecular weight is 256 g/mol. The Labute approximate surface area is 101 Å². The van der Waals surface area contributed by atoms with E-state index in [-0.39, 0.29) is 5.91 Å². The molecule has 0 atom stereocenters. The number of nitrogens with zero attached hydrogens (tertiary/aromatic N) is 1. The summed E-state index contributed by atoms with van der Waals surface area (Å²) in [6.07, 6.45) is 1.16. The number of sulfonamides is 1. The molecule has 0 fully saturated rings. The maximum Gasteiger partial charge on any atom is 0.251 e. The Kier molecular flexibility index (Phi) is 4.25. The highest BCUT2D eigenvalue weighted by Gasteiger charge is 2.11. The molecular weight excluding hydrogens is 240 g/mol. The van der Waals surface area contributed by atoms with Gasteiger partial charge in [0.1, 0.15) is 0 Å². The number of carbonyl (C=O) groups excluding carboxylic acids is 1. The maximum atomic E-state index is 11.3. The Bertz CT molecular complexity index is 494.